The minimum absolute atomic E-state index is 0.0161. The maximum atomic E-state index is 13.6. The van der Waals surface area contributed by atoms with Gasteiger partial charge in [-0.1, -0.05) is 77.1 Å². The van der Waals surface area contributed by atoms with Gasteiger partial charge in [0.25, 0.3) is 11.8 Å². The molecule has 0 saturated carbocycles. The van der Waals surface area contributed by atoms with Gasteiger partial charge in [0, 0.05) is 17.1 Å². The van der Waals surface area contributed by atoms with Crippen LogP contribution in [0, 0.1) is 0 Å². The van der Waals surface area contributed by atoms with Crippen molar-refractivity contribution in [3.8, 4) is 34.1 Å². The molecule has 0 spiro atoms. The van der Waals surface area contributed by atoms with Gasteiger partial charge in [-0.3, -0.25) is 9.59 Å². The summed E-state index contributed by atoms with van der Waals surface area (Å²) in [6, 6.07) is 37.8. The molecule has 2 amide bonds. The third kappa shape index (κ3) is 8.95. The number of aromatic carboxylic acids is 2. The lowest BCUT2D eigenvalue weighted by molar-refractivity contribution is 0.0683. The van der Waals surface area contributed by atoms with Crippen molar-refractivity contribution in [2.45, 2.75) is 77.7 Å². The molecule has 1 atom stereocenters. The average molecular weight is 831 g/mol. The van der Waals surface area contributed by atoms with Gasteiger partial charge in [-0.2, -0.15) is 0 Å². The van der Waals surface area contributed by atoms with Gasteiger partial charge in [-0.05, 0) is 150 Å². The SMILES string of the molecule is CC(C)NC(=O)c1ccc(-c2ccc(C(=O)O)c(C(=O)Nc3ccc(Oc4ccc(C5(C)CC(C)(C)c6ccc(Oc7ccc(C(C)C)cc7)cc65)cc4)cc3)c2)cc1C(=O)O. The first-order valence-corrected chi connectivity index (χ1v) is 20.6. The molecule has 0 saturated heterocycles. The molecule has 62 heavy (non-hydrogen) atoms. The lowest BCUT2D eigenvalue weighted by Gasteiger charge is -2.28. The summed E-state index contributed by atoms with van der Waals surface area (Å²) in [6.07, 6.45) is 0.922. The van der Waals surface area contributed by atoms with E-state index in [9.17, 15) is 29.4 Å². The third-order valence-electron chi connectivity index (χ3n) is 11.5. The third-order valence-corrected chi connectivity index (χ3v) is 11.5. The van der Waals surface area contributed by atoms with Crippen molar-refractivity contribution in [3.63, 3.8) is 0 Å². The van der Waals surface area contributed by atoms with E-state index >= 15 is 0 Å². The van der Waals surface area contributed by atoms with E-state index in [1.54, 1.807) is 44.2 Å². The van der Waals surface area contributed by atoms with Crippen LogP contribution in [0.1, 0.15) is 124 Å². The first-order valence-electron chi connectivity index (χ1n) is 20.6. The van der Waals surface area contributed by atoms with Crippen LogP contribution >= 0.6 is 0 Å². The summed E-state index contributed by atoms with van der Waals surface area (Å²) in [6.45, 7) is 14.7. The number of anilines is 1. The lowest BCUT2D eigenvalue weighted by atomic mass is 9.75. The molecule has 4 N–H and O–H groups in total. The van der Waals surface area contributed by atoms with Crippen molar-refractivity contribution in [1.82, 2.24) is 5.32 Å². The molecule has 6 aromatic carbocycles. The molecule has 0 aromatic heterocycles. The van der Waals surface area contributed by atoms with E-state index in [1.165, 1.54) is 47.0 Å². The average Bonchev–Trinajstić information content (AvgIpc) is 3.45. The van der Waals surface area contributed by atoms with Crippen LogP contribution in [0.4, 0.5) is 5.69 Å². The van der Waals surface area contributed by atoms with E-state index in [-0.39, 0.29) is 39.1 Å². The fraction of sp³-hybridized carbons (Fsp3) is 0.231. The Balaban J connectivity index is 1.05. The van der Waals surface area contributed by atoms with Crippen LogP contribution in [0.2, 0.25) is 0 Å². The highest BCUT2D eigenvalue weighted by molar-refractivity contribution is 6.11. The summed E-state index contributed by atoms with van der Waals surface area (Å²) in [5.41, 5.74) is 5.23. The molecule has 0 heterocycles. The van der Waals surface area contributed by atoms with Gasteiger partial charge in [0.05, 0.1) is 22.3 Å². The normalized spacial score (nSPS) is 15.2. The molecule has 1 aliphatic carbocycles. The van der Waals surface area contributed by atoms with Crippen LogP contribution in [0.15, 0.2) is 127 Å². The Labute approximate surface area is 361 Å². The number of carboxylic acid groups (broad SMARTS) is 2. The van der Waals surface area contributed by atoms with Crippen LogP contribution in [0.3, 0.4) is 0 Å². The molecule has 7 rings (SSSR count). The predicted molar refractivity (Wildman–Crippen MR) is 240 cm³/mol. The van der Waals surface area contributed by atoms with Gasteiger partial charge < -0.3 is 30.3 Å². The van der Waals surface area contributed by atoms with Crippen molar-refractivity contribution in [2.75, 3.05) is 5.32 Å². The quantitative estimate of drug-likeness (QED) is 0.0898. The summed E-state index contributed by atoms with van der Waals surface area (Å²) in [7, 11) is 0. The second kappa shape index (κ2) is 17.0. The number of carbonyl (C=O) groups is 4. The molecule has 1 unspecified atom stereocenters. The predicted octanol–water partition coefficient (Wildman–Crippen LogP) is 11.8. The molecular weight excluding hydrogens is 781 g/mol. The zero-order valence-electron chi connectivity index (χ0n) is 35.8. The summed E-state index contributed by atoms with van der Waals surface area (Å²) in [4.78, 5) is 50.5. The zero-order valence-corrected chi connectivity index (χ0v) is 35.8. The van der Waals surface area contributed by atoms with Crippen LogP contribution in [-0.4, -0.2) is 40.0 Å². The minimum atomic E-state index is -1.31. The molecule has 1 aliphatic rings. The summed E-state index contributed by atoms with van der Waals surface area (Å²) in [5.74, 6) is -0.603. The van der Waals surface area contributed by atoms with Crippen LogP contribution in [-0.2, 0) is 10.8 Å². The maximum absolute atomic E-state index is 13.6. The lowest BCUT2D eigenvalue weighted by Crippen LogP contribution is -2.31. The number of hydrogen-bond acceptors (Lipinski definition) is 6. The molecule has 6 aromatic rings. The Morgan fingerprint density at radius 2 is 1.06 bits per heavy atom. The number of fused-ring (bicyclic) bond motifs is 1. The molecule has 10 nitrogen and oxygen atoms in total. The van der Waals surface area contributed by atoms with E-state index in [0.29, 0.717) is 34.2 Å². The van der Waals surface area contributed by atoms with Gasteiger partial charge in [0.2, 0.25) is 0 Å². The highest BCUT2D eigenvalue weighted by Gasteiger charge is 2.46. The van der Waals surface area contributed by atoms with Crippen molar-refractivity contribution < 1.29 is 38.9 Å². The Morgan fingerprint density at radius 3 is 1.63 bits per heavy atom. The molecule has 0 aliphatic heterocycles. The molecule has 0 radical (unpaired) electrons. The molecule has 316 valence electrons. The minimum Gasteiger partial charge on any atom is -0.478 e. The van der Waals surface area contributed by atoms with Crippen molar-refractivity contribution in [1.29, 1.82) is 0 Å². The number of ether oxygens (including phenoxy) is 2. The maximum Gasteiger partial charge on any atom is 0.336 e. The van der Waals surface area contributed by atoms with Crippen molar-refractivity contribution >= 4 is 29.4 Å². The van der Waals surface area contributed by atoms with E-state index in [0.717, 1.165) is 23.5 Å². The van der Waals surface area contributed by atoms with Gasteiger partial charge >= 0.3 is 11.9 Å². The highest BCUT2D eigenvalue weighted by Crippen LogP contribution is 2.54. The molecule has 0 fully saturated rings. The number of carbonyl (C=O) groups excluding carboxylic acids is 2. The number of benzene rings is 6. The van der Waals surface area contributed by atoms with E-state index < -0.39 is 23.8 Å². The standard InChI is InChI=1S/C52H50N2O8/c1-30(2)32-8-16-37(17-9-32)62-40-22-25-45-46(28-40)52(7,29-51(45,5)6)35-12-18-38(19-13-35)61-39-20-14-36(15-21-39)54-48(56)43-26-33(11-24-42(43)49(57)58)34-10-23-41(44(27-34)50(59)60)47(55)53-31(3)4/h8-28,30-31H,29H2,1-7H3,(H,53,55)(H,54,56)(H,57,58)(H,59,60). The molecular formula is C52H50N2O8. The first kappa shape index (κ1) is 42.9. The largest absolute Gasteiger partial charge is 0.478 e. The Bertz CT molecular complexity index is 2680. The van der Waals surface area contributed by atoms with Gasteiger partial charge in [0.15, 0.2) is 0 Å². The number of amides is 2. The van der Waals surface area contributed by atoms with Gasteiger partial charge in [-0.15, -0.1) is 0 Å². The molecule has 10 heteroatoms. The highest BCUT2D eigenvalue weighted by atomic mass is 16.5. The second-order valence-electron chi connectivity index (χ2n) is 17.3. The fourth-order valence-corrected chi connectivity index (χ4v) is 8.39. The van der Waals surface area contributed by atoms with Crippen LogP contribution < -0.4 is 20.1 Å². The van der Waals surface area contributed by atoms with E-state index in [1.807, 2.05) is 24.3 Å². The topological polar surface area (TPSA) is 151 Å². The Morgan fingerprint density at radius 1 is 0.548 bits per heavy atom. The monoisotopic (exact) mass is 830 g/mol. The van der Waals surface area contributed by atoms with Crippen molar-refractivity contribution in [3.05, 3.63) is 172 Å². The fourth-order valence-electron chi connectivity index (χ4n) is 8.39. The number of carboxylic acids is 2. The summed E-state index contributed by atoms with van der Waals surface area (Å²) in [5, 5.41) is 25.3. The molecule has 0 bridgehead atoms. The summed E-state index contributed by atoms with van der Waals surface area (Å²) < 4.78 is 12.5. The Kier molecular flexibility index (Phi) is 11.8. The van der Waals surface area contributed by atoms with Gasteiger partial charge in [-0.25, -0.2) is 9.59 Å². The van der Waals surface area contributed by atoms with E-state index in [2.05, 4.69) is 87.7 Å². The first-order chi connectivity index (χ1) is 29.4. The number of nitrogens with one attached hydrogen (secondary N) is 2. The Hall–Kier alpha value is -7.20. The van der Waals surface area contributed by atoms with Crippen LogP contribution in [0.25, 0.3) is 11.1 Å². The van der Waals surface area contributed by atoms with Crippen molar-refractivity contribution in [2.24, 2.45) is 0 Å². The summed E-state index contributed by atoms with van der Waals surface area (Å²) >= 11 is 0. The van der Waals surface area contributed by atoms with E-state index in [4.69, 9.17) is 9.47 Å². The smallest absolute Gasteiger partial charge is 0.336 e. The second-order valence-corrected chi connectivity index (χ2v) is 17.3. The van der Waals surface area contributed by atoms with Crippen LogP contribution in [0.5, 0.6) is 23.0 Å². The number of rotatable bonds is 13. The van der Waals surface area contributed by atoms with Gasteiger partial charge in [0.1, 0.15) is 23.0 Å². The number of hydrogen-bond donors (Lipinski definition) is 4. The zero-order chi connectivity index (χ0) is 44.5.